The fourth-order valence-electron chi connectivity index (χ4n) is 4.06. The number of hydrogen-bond acceptors (Lipinski definition) is 2. The molecule has 0 aliphatic carbocycles. The van der Waals surface area contributed by atoms with Gasteiger partial charge < -0.3 is 0 Å². The first-order valence-corrected chi connectivity index (χ1v) is 8.94. The normalized spacial score (nSPS) is 18.2. The summed E-state index contributed by atoms with van der Waals surface area (Å²) in [6.45, 7) is 1.97. The maximum absolute atomic E-state index is 4.84. The lowest BCUT2D eigenvalue weighted by Gasteiger charge is -2.32. The van der Waals surface area contributed by atoms with Crippen LogP contribution < -0.4 is 0 Å². The van der Waals surface area contributed by atoms with Gasteiger partial charge in [-0.1, -0.05) is 84.9 Å². The highest BCUT2D eigenvalue weighted by Crippen LogP contribution is 2.43. The fraction of sp³-hybridized carbons (Fsp3) is 0.130. The molecule has 0 amide bonds. The van der Waals surface area contributed by atoms with E-state index in [9.17, 15) is 0 Å². The van der Waals surface area contributed by atoms with E-state index in [0.29, 0.717) is 0 Å². The molecule has 3 heteroatoms. The molecule has 2 heterocycles. The van der Waals surface area contributed by atoms with Gasteiger partial charge in [0, 0.05) is 0 Å². The SMILES string of the molecule is Cc1nc2n(n1)[C@@H](c1ccccc1)c1ccccc1[C@H]2c1ccccc1. The van der Waals surface area contributed by atoms with Crippen molar-refractivity contribution in [2.45, 2.75) is 18.9 Å². The lowest BCUT2D eigenvalue weighted by atomic mass is 9.81. The van der Waals surface area contributed by atoms with Gasteiger partial charge in [-0.25, -0.2) is 9.67 Å². The summed E-state index contributed by atoms with van der Waals surface area (Å²) in [4.78, 5) is 4.84. The molecule has 0 fully saturated rings. The number of aromatic nitrogens is 3. The number of benzene rings is 3. The third-order valence-electron chi connectivity index (χ3n) is 5.12. The van der Waals surface area contributed by atoms with E-state index in [1.54, 1.807) is 0 Å². The largest absolute Gasteiger partial charge is 0.237 e. The first-order valence-electron chi connectivity index (χ1n) is 8.94. The van der Waals surface area contributed by atoms with Crippen molar-refractivity contribution in [2.24, 2.45) is 0 Å². The van der Waals surface area contributed by atoms with E-state index >= 15 is 0 Å². The first kappa shape index (κ1) is 15.1. The van der Waals surface area contributed by atoms with Crippen LogP contribution >= 0.6 is 0 Å². The van der Waals surface area contributed by atoms with Crippen molar-refractivity contribution < 1.29 is 0 Å². The van der Waals surface area contributed by atoms with Crippen LogP contribution in [0.3, 0.4) is 0 Å². The number of fused-ring (bicyclic) bond motifs is 2. The molecular formula is C23H19N3. The summed E-state index contributed by atoms with van der Waals surface area (Å²) in [7, 11) is 0. The molecule has 2 atom stereocenters. The van der Waals surface area contributed by atoms with Gasteiger partial charge in [0.1, 0.15) is 17.7 Å². The Morgan fingerprint density at radius 1 is 0.692 bits per heavy atom. The molecule has 1 aliphatic rings. The summed E-state index contributed by atoms with van der Waals surface area (Å²) in [6, 6.07) is 29.9. The summed E-state index contributed by atoms with van der Waals surface area (Å²) in [5.41, 5.74) is 5.09. The Morgan fingerprint density at radius 2 is 1.27 bits per heavy atom. The molecule has 0 saturated heterocycles. The molecule has 0 spiro atoms. The maximum atomic E-state index is 4.84. The zero-order chi connectivity index (χ0) is 17.5. The second-order valence-corrected chi connectivity index (χ2v) is 6.75. The minimum atomic E-state index is 0.0589. The van der Waals surface area contributed by atoms with Gasteiger partial charge >= 0.3 is 0 Å². The van der Waals surface area contributed by atoms with Crippen LogP contribution in [0.5, 0.6) is 0 Å². The zero-order valence-electron chi connectivity index (χ0n) is 14.6. The van der Waals surface area contributed by atoms with Crippen molar-refractivity contribution >= 4 is 0 Å². The second kappa shape index (κ2) is 5.95. The Balaban J connectivity index is 1.80. The van der Waals surface area contributed by atoms with Gasteiger partial charge in [0.2, 0.25) is 0 Å². The van der Waals surface area contributed by atoms with Gasteiger partial charge in [0.25, 0.3) is 0 Å². The van der Waals surface area contributed by atoms with E-state index in [-0.39, 0.29) is 12.0 Å². The molecule has 1 aliphatic heterocycles. The van der Waals surface area contributed by atoms with Crippen LogP contribution in [0.4, 0.5) is 0 Å². The summed E-state index contributed by atoms with van der Waals surface area (Å²) in [6.07, 6.45) is 0. The molecule has 0 N–H and O–H groups in total. The van der Waals surface area contributed by atoms with Crippen LogP contribution in [-0.4, -0.2) is 14.8 Å². The molecule has 0 bridgehead atoms. The molecule has 5 rings (SSSR count). The minimum Gasteiger partial charge on any atom is -0.237 e. The quantitative estimate of drug-likeness (QED) is 0.467. The molecule has 0 unspecified atom stereocenters. The third kappa shape index (κ3) is 2.28. The van der Waals surface area contributed by atoms with E-state index in [1.165, 1.54) is 22.3 Å². The highest BCUT2D eigenvalue weighted by atomic mass is 15.4. The van der Waals surface area contributed by atoms with E-state index in [1.807, 2.05) is 6.92 Å². The van der Waals surface area contributed by atoms with Crippen LogP contribution in [0.2, 0.25) is 0 Å². The Morgan fingerprint density at radius 3 is 1.96 bits per heavy atom. The Labute approximate surface area is 153 Å². The smallest absolute Gasteiger partial charge is 0.147 e. The fourth-order valence-corrected chi connectivity index (χ4v) is 4.06. The van der Waals surface area contributed by atoms with E-state index in [2.05, 4.69) is 89.6 Å². The van der Waals surface area contributed by atoms with Crippen molar-refractivity contribution in [2.75, 3.05) is 0 Å². The first-order chi connectivity index (χ1) is 12.8. The lowest BCUT2D eigenvalue weighted by Crippen LogP contribution is -2.26. The number of nitrogens with zero attached hydrogens (tertiary/aromatic N) is 3. The Bertz CT molecular complexity index is 967. The molecular weight excluding hydrogens is 318 g/mol. The standard InChI is InChI=1S/C23H19N3/c1-16-24-23-21(17-10-4-2-5-11-17)19-14-8-9-15-20(19)22(26(23)25-16)18-12-6-3-7-13-18/h2-15,21-22H,1H3/t21-,22+/m1/s1. The monoisotopic (exact) mass is 337 g/mol. The van der Waals surface area contributed by atoms with Crippen molar-refractivity contribution in [1.82, 2.24) is 14.8 Å². The maximum Gasteiger partial charge on any atom is 0.147 e. The van der Waals surface area contributed by atoms with Crippen LogP contribution in [0.15, 0.2) is 84.9 Å². The zero-order valence-corrected chi connectivity index (χ0v) is 14.6. The predicted molar refractivity (Wildman–Crippen MR) is 102 cm³/mol. The molecule has 3 nitrogen and oxygen atoms in total. The van der Waals surface area contributed by atoms with Crippen molar-refractivity contribution in [3.05, 3.63) is 119 Å². The van der Waals surface area contributed by atoms with Crippen LogP contribution in [-0.2, 0) is 0 Å². The summed E-state index contributed by atoms with van der Waals surface area (Å²) < 4.78 is 2.12. The van der Waals surface area contributed by atoms with Crippen LogP contribution in [0.25, 0.3) is 0 Å². The Kier molecular flexibility index (Phi) is 3.45. The van der Waals surface area contributed by atoms with Crippen molar-refractivity contribution in [1.29, 1.82) is 0 Å². The van der Waals surface area contributed by atoms with Crippen molar-refractivity contribution in [3.8, 4) is 0 Å². The van der Waals surface area contributed by atoms with Gasteiger partial charge in [-0.15, -0.1) is 0 Å². The number of hydrogen-bond donors (Lipinski definition) is 0. The second-order valence-electron chi connectivity index (χ2n) is 6.75. The molecule has 0 radical (unpaired) electrons. The van der Waals surface area contributed by atoms with Crippen LogP contribution in [0, 0.1) is 6.92 Å². The molecule has 3 aromatic carbocycles. The van der Waals surface area contributed by atoms with Gasteiger partial charge in [-0.2, -0.15) is 5.10 Å². The van der Waals surface area contributed by atoms with Crippen molar-refractivity contribution in [3.63, 3.8) is 0 Å². The topological polar surface area (TPSA) is 30.7 Å². The van der Waals surface area contributed by atoms with Gasteiger partial charge in [0.15, 0.2) is 0 Å². The highest BCUT2D eigenvalue weighted by Gasteiger charge is 2.35. The predicted octanol–water partition coefficient (Wildman–Crippen LogP) is 4.72. The lowest BCUT2D eigenvalue weighted by molar-refractivity contribution is 0.524. The average molecular weight is 337 g/mol. The van der Waals surface area contributed by atoms with E-state index < -0.39 is 0 Å². The van der Waals surface area contributed by atoms with Gasteiger partial charge in [0.05, 0.1) is 5.92 Å². The summed E-state index contributed by atoms with van der Waals surface area (Å²) >= 11 is 0. The average Bonchev–Trinajstić information content (AvgIpc) is 3.07. The number of aryl methyl sites for hydroxylation is 1. The molecule has 4 aromatic rings. The molecule has 26 heavy (non-hydrogen) atoms. The van der Waals surface area contributed by atoms with E-state index in [0.717, 1.165) is 11.6 Å². The highest BCUT2D eigenvalue weighted by molar-refractivity contribution is 5.50. The third-order valence-corrected chi connectivity index (χ3v) is 5.12. The number of rotatable bonds is 2. The van der Waals surface area contributed by atoms with Crippen LogP contribution in [0.1, 0.15) is 45.9 Å². The molecule has 0 saturated carbocycles. The molecule has 126 valence electrons. The van der Waals surface area contributed by atoms with Gasteiger partial charge in [-0.05, 0) is 29.2 Å². The van der Waals surface area contributed by atoms with Gasteiger partial charge in [-0.3, -0.25) is 0 Å². The minimum absolute atomic E-state index is 0.0589. The summed E-state index contributed by atoms with van der Waals surface area (Å²) in [5.74, 6) is 1.93. The molecule has 1 aromatic heterocycles. The van der Waals surface area contributed by atoms with E-state index in [4.69, 9.17) is 10.1 Å². The summed E-state index contributed by atoms with van der Waals surface area (Å²) in [5, 5.41) is 4.79. The Hall–Kier alpha value is -3.20.